The minimum Gasteiger partial charge on any atom is -0.484 e. The number of benzene rings is 3. The van der Waals surface area contributed by atoms with Gasteiger partial charge in [0.05, 0.1) is 18.5 Å². The largest absolute Gasteiger partial charge is 0.484 e. The van der Waals surface area contributed by atoms with Gasteiger partial charge in [-0.15, -0.1) is 0 Å². The molecule has 0 fully saturated rings. The second-order valence-electron chi connectivity index (χ2n) is 6.74. The Hall–Kier alpha value is -2.74. The van der Waals surface area contributed by atoms with E-state index < -0.39 is 10.0 Å². The summed E-state index contributed by atoms with van der Waals surface area (Å²) in [6.07, 6.45) is 1.15. The van der Waals surface area contributed by atoms with Crippen LogP contribution in [-0.4, -0.2) is 27.2 Å². The van der Waals surface area contributed by atoms with Crippen LogP contribution in [0.2, 0.25) is 10.0 Å². The summed E-state index contributed by atoms with van der Waals surface area (Å²) < 4.78 is 31.4. The highest BCUT2D eigenvalue weighted by molar-refractivity contribution is 7.92. The number of hydrogen-bond donors (Lipinski definition) is 1. The summed E-state index contributed by atoms with van der Waals surface area (Å²) in [6, 6.07) is 20.2. The van der Waals surface area contributed by atoms with Crippen molar-refractivity contribution in [3.63, 3.8) is 0 Å². The Kier molecular flexibility index (Phi) is 7.43. The Bertz CT molecular complexity index is 1150. The van der Waals surface area contributed by atoms with Crippen molar-refractivity contribution in [1.29, 1.82) is 0 Å². The van der Waals surface area contributed by atoms with Crippen molar-refractivity contribution in [2.24, 2.45) is 0 Å². The molecule has 162 valence electrons. The predicted octanol–water partition coefficient (Wildman–Crippen LogP) is 4.98. The molecular weight excluding hydrogens is 459 g/mol. The maximum atomic E-state index is 12.3. The highest BCUT2D eigenvalue weighted by atomic mass is 35.5. The van der Waals surface area contributed by atoms with Crippen LogP contribution in [-0.2, 0) is 21.4 Å². The van der Waals surface area contributed by atoms with Crippen molar-refractivity contribution in [3.8, 4) is 5.75 Å². The van der Waals surface area contributed by atoms with Gasteiger partial charge in [-0.3, -0.25) is 9.10 Å². The molecule has 0 radical (unpaired) electrons. The Morgan fingerprint density at radius 1 is 0.968 bits per heavy atom. The molecule has 0 heterocycles. The van der Waals surface area contributed by atoms with Crippen LogP contribution in [0.15, 0.2) is 72.8 Å². The van der Waals surface area contributed by atoms with E-state index in [0.717, 1.165) is 11.8 Å². The molecule has 0 spiro atoms. The third-order valence-electron chi connectivity index (χ3n) is 4.24. The monoisotopic (exact) mass is 478 g/mol. The standard InChI is InChI=1S/C22H20Cl2N2O4S/c1-31(28,29)26(14-16-5-7-17(23)8-6-16)20-9-11-21(12-10-20)30-15-22(27)25-19-4-2-3-18(24)13-19/h2-13H,14-15H2,1H3,(H,25,27). The highest BCUT2D eigenvalue weighted by Crippen LogP contribution is 2.24. The fourth-order valence-electron chi connectivity index (χ4n) is 2.78. The summed E-state index contributed by atoms with van der Waals surface area (Å²) in [5, 5.41) is 3.78. The lowest BCUT2D eigenvalue weighted by Gasteiger charge is -2.23. The first-order valence-corrected chi connectivity index (χ1v) is 11.8. The molecule has 0 aliphatic rings. The van der Waals surface area contributed by atoms with Gasteiger partial charge in [0, 0.05) is 15.7 Å². The van der Waals surface area contributed by atoms with Crippen molar-refractivity contribution >= 4 is 50.5 Å². The molecule has 0 saturated carbocycles. The van der Waals surface area contributed by atoms with Crippen molar-refractivity contribution in [2.45, 2.75) is 6.54 Å². The topological polar surface area (TPSA) is 75.7 Å². The number of amides is 1. The zero-order chi connectivity index (χ0) is 22.4. The summed E-state index contributed by atoms with van der Waals surface area (Å²) in [4.78, 5) is 12.1. The second kappa shape index (κ2) is 10.0. The summed E-state index contributed by atoms with van der Waals surface area (Å²) in [7, 11) is -3.52. The van der Waals surface area contributed by atoms with Crippen LogP contribution < -0.4 is 14.4 Å². The molecule has 0 unspecified atom stereocenters. The SMILES string of the molecule is CS(=O)(=O)N(Cc1ccc(Cl)cc1)c1ccc(OCC(=O)Nc2cccc(Cl)c2)cc1. The molecule has 3 rings (SSSR count). The average Bonchev–Trinajstić information content (AvgIpc) is 2.71. The zero-order valence-electron chi connectivity index (χ0n) is 16.6. The van der Waals surface area contributed by atoms with Gasteiger partial charge >= 0.3 is 0 Å². The van der Waals surface area contributed by atoms with E-state index in [1.54, 1.807) is 72.8 Å². The molecule has 0 aliphatic carbocycles. The summed E-state index contributed by atoms with van der Waals surface area (Å²) in [5.74, 6) is 0.0942. The van der Waals surface area contributed by atoms with Gasteiger partial charge in [0.25, 0.3) is 5.91 Å². The molecule has 0 atom stereocenters. The van der Waals surface area contributed by atoms with E-state index in [9.17, 15) is 13.2 Å². The van der Waals surface area contributed by atoms with Gasteiger partial charge in [-0.25, -0.2) is 8.42 Å². The number of anilines is 2. The lowest BCUT2D eigenvalue weighted by Crippen LogP contribution is -2.29. The lowest BCUT2D eigenvalue weighted by atomic mass is 10.2. The maximum absolute atomic E-state index is 12.3. The first kappa shape index (κ1) is 22.9. The Morgan fingerprint density at radius 3 is 2.26 bits per heavy atom. The average molecular weight is 479 g/mol. The number of halogens is 2. The number of carbonyl (C=O) groups excluding carboxylic acids is 1. The fraction of sp³-hybridized carbons (Fsp3) is 0.136. The normalized spacial score (nSPS) is 11.1. The van der Waals surface area contributed by atoms with Crippen molar-refractivity contribution in [3.05, 3.63) is 88.4 Å². The number of hydrogen-bond acceptors (Lipinski definition) is 4. The Balaban J connectivity index is 1.64. The quantitative estimate of drug-likeness (QED) is 0.495. The molecule has 9 heteroatoms. The first-order chi connectivity index (χ1) is 14.7. The molecule has 1 amide bonds. The summed E-state index contributed by atoms with van der Waals surface area (Å²) in [6.45, 7) is -0.0370. The lowest BCUT2D eigenvalue weighted by molar-refractivity contribution is -0.118. The van der Waals surface area contributed by atoms with E-state index in [1.807, 2.05) is 0 Å². The number of sulfonamides is 1. The molecule has 0 bridgehead atoms. The molecular formula is C22H20Cl2N2O4S. The van der Waals surface area contributed by atoms with Gasteiger partial charge in [-0.1, -0.05) is 41.4 Å². The fourth-order valence-corrected chi connectivity index (χ4v) is 3.98. The molecule has 6 nitrogen and oxygen atoms in total. The molecule has 1 N–H and O–H groups in total. The van der Waals surface area contributed by atoms with Crippen LogP contribution in [0, 0.1) is 0 Å². The van der Waals surface area contributed by atoms with Gasteiger partial charge in [-0.2, -0.15) is 0 Å². The van der Waals surface area contributed by atoms with Gasteiger partial charge in [0.1, 0.15) is 5.75 Å². The predicted molar refractivity (Wildman–Crippen MR) is 124 cm³/mol. The van der Waals surface area contributed by atoms with E-state index in [2.05, 4.69) is 5.32 Å². The van der Waals surface area contributed by atoms with Crippen LogP contribution in [0.25, 0.3) is 0 Å². The summed E-state index contributed by atoms with van der Waals surface area (Å²) >= 11 is 11.8. The Morgan fingerprint density at radius 2 is 1.65 bits per heavy atom. The minimum atomic E-state index is -3.52. The highest BCUT2D eigenvalue weighted by Gasteiger charge is 2.18. The van der Waals surface area contributed by atoms with Crippen LogP contribution in [0.3, 0.4) is 0 Å². The van der Waals surface area contributed by atoms with Gasteiger partial charge in [0.15, 0.2) is 6.61 Å². The minimum absolute atomic E-state index is 0.165. The molecule has 3 aromatic rings. The molecule has 0 saturated heterocycles. The van der Waals surface area contributed by atoms with Gasteiger partial charge < -0.3 is 10.1 Å². The summed E-state index contributed by atoms with van der Waals surface area (Å²) in [5.41, 5.74) is 1.85. The van der Waals surface area contributed by atoms with Crippen molar-refractivity contribution < 1.29 is 17.9 Å². The molecule has 0 aromatic heterocycles. The van der Waals surface area contributed by atoms with E-state index in [-0.39, 0.29) is 19.1 Å². The van der Waals surface area contributed by atoms with Crippen LogP contribution >= 0.6 is 23.2 Å². The van der Waals surface area contributed by atoms with E-state index >= 15 is 0 Å². The zero-order valence-corrected chi connectivity index (χ0v) is 18.9. The van der Waals surface area contributed by atoms with Gasteiger partial charge in [-0.05, 0) is 60.2 Å². The second-order valence-corrected chi connectivity index (χ2v) is 9.52. The first-order valence-electron chi connectivity index (χ1n) is 9.21. The van der Waals surface area contributed by atoms with E-state index in [0.29, 0.717) is 27.2 Å². The van der Waals surface area contributed by atoms with Crippen LogP contribution in [0.5, 0.6) is 5.75 Å². The molecule has 0 aliphatic heterocycles. The van der Waals surface area contributed by atoms with Crippen molar-refractivity contribution in [1.82, 2.24) is 0 Å². The van der Waals surface area contributed by atoms with Crippen LogP contribution in [0.4, 0.5) is 11.4 Å². The van der Waals surface area contributed by atoms with Crippen molar-refractivity contribution in [2.75, 3.05) is 22.5 Å². The number of rotatable bonds is 8. The molecule has 31 heavy (non-hydrogen) atoms. The number of nitrogens with zero attached hydrogens (tertiary/aromatic N) is 1. The van der Waals surface area contributed by atoms with Gasteiger partial charge in [0.2, 0.25) is 10.0 Å². The smallest absolute Gasteiger partial charge is 0.262 e. The van der Waals surface area contributed by atoms with Crippen LogP contribution in [0.1, 0.15) is 5.56 Å². The third kappa shape index (κ3) is 6.89. The Labute approximate surface area is 191 Å². The number of ether oxygens (including phenoxy) is 1. The van der Waals surface area contributed by atoms with E-state index in [4.69, 9.17) is 27.9 Å². The number of carbonyl (C=O) groups is 1. The number of nitrogens with one attached hydrogen (secondary N) is 1. The maximum Gasteiger partial charge on any atom is 0.262 e. The van der Waals surface area contributed by atoms with E-state index in [1.165, 1.54) is 4.31 Å². The third-order valence-corrected chi connectivity index (χ3v) is 5.87. The molecule has 3 aromatic carbocycles.